The Labute approximate surface area is 79.1 Å². The topological polar surface area (TPSA) is 58.6 Å². The standard InChI is InChI=1S/C8H9NO3S/c10-7(6-2-1-3-13-6)5-4-12-8(11)9-5/h1-3,5,7,10H,4H2,(H,9,11)/t5?,7-/m0/s1. The molecule has 2 atom stereocenters. The van der Waals surface area contributed by atoms with E-state index in [2.05, 4.69) is 10.1 Å². The van der Waals surface area contributed by atoms with Crippen LogP contribution in [-0.4, -0.2) is 23.8 Å². The first-order chi connectivity index (χ1) is 6.27. The Bertz CT molecular complexity index is 298. The van der Waals surface area contributed by atoms with Gasteiger partial charge in [-0.15, -0.1) is 11.3 Å². The highest BCUT2D eigenvalue weighted by atomic mass is 32.1. The Balaban J connectivity index is 2.05. The Kier molecular flexibility index (Phi) is 2.20. The van der Waals surface area contributed by atoms with Crippen molar-refractivity contribution in [3.8, 4) is 0 Å². The van der Waals surface area contributed by atoms with Gasteiger partial charge in [-0.05, 0) is 11.4 Å². The van der Waals surface area contributed by atoms with Gasteiger partial charge in [0.25, 0.3) is 0 Å². The lowest BCUT2D eigenvalue weighted by Gasteiger charge is -2.13. The summed E-state index contributed by atoms with van der Waals surface area (Å²) < 4.78 is 4.68. The Morgan fingerprint density at radius 1 is 1.77 bits per heavy atom. The number of aliphatic hydroxyl groups excluding tert-OH is 1. The quantitative estimate of drug-likeness (QED) is 0.743. The number of alkyl carbamates (subject to hydrolysis) is 1. The fourth-order valence-electron chi connectivity index (χ4n) is 1.23. The lowest BCUT2D eigenvalue weighted by molar-refractivity contribution is 0.128. The molecule has 0 aliphatic carbocycles. The number of rotatable bonds is 2. The molecule has 0 radical (unpaired) electrons. The van der Waals surface area contributed by atoms with Crippen molar-refractivity contribution in [2.45, 2.75) is 12.1 Å². The van der Waals surface area contributed by atoms with Crippen molar-refractivity contribution in [1.82, 2.24) is 5.32 Å². The van der Waals surface area contributed by atoms with Crippen molar-refractivity contribution in [2.24, 2.45) is 0 Å². The molecule has 70 valence electrons. The summed E-state index contributed by atoms with van der Waals surface area (Å²) in [7, 11) is 0. The molecule has 1 aliphatic rings. The third-order valence-corrected chi connectivity index (χ3v) is 2.86. The van der Waals surface area contributed by atoms with Gasteiger partial charge in [-0.1, -0.05) is 6.07 Å². The molecule has 2 rings (SSSR count). The molecule has 1 amide bonds. The molecule has 1 fully saturated rings. The van der Waals surface area contributed by atoms with Gasteiger partial charge in [0.2, 0.25) is 0 Å². The third kappa shape index (κ3) is 1.66. The summed E-state index contributed by atoms with van der Waals surface area (Å²) in [6.45, 7) is 0.234. The van der Waals surface area contributed by atoms with Gasteiger partial charge >= 0.3 is 6.09 Å². The average molecular weight is 199 g/mol. The van der Waals surface area contributed by atoms with Crippen LogP contribution in [0.1, 0.15) is 11.0 Å². The first-order valence-corrected chi connectivity index (χ1v) is 4.80. The van der Waals surface area contributed by atoms with Crippen LogP contribution < -0.4 is 5.32 Å². The highest BCUT2D eigenvalue weighted by Crippen LogP contribution is 2.23. The van der Waals surface area contributed by atoms with E-state index in [9.17, 15) is 9.90 Å². The second kappa shape index (κ2) is 3.35. The number of carbonyl (C=O) groups excluding carboxylic acids is 1. The molecule has 1 aromatic rings. The highest BCUT2D eigenvalue weighted by Gasteiger charge is 2.30. The normalized spacial score (nSPS) is 23.8. The van der Waals surface area contributed by atoms with E-state index < -0.39 is 12.2 Å². The Morgan fingerprint density at radius 2 is 2.62 bits per heavy atom. The van der Waals surface area contributed by atoms with Crippen molar-refractivity contribution in [2.75, 3.05) is 6.61 Å². The van der Waals surface area contributed by atoms with E-state index in [4.69, 9.17) is 0 Å². The molecular formula is C8H9NO3S. The van der Waals surface area contributed by atoms with E-state index in [1.54, 1.807) is 0 Å². The summed E-state index contributed by atoms with van der Waals surface area (Å²) in [6, 6.07) is 3.38. The minimum Gasteiger partial charge on any atom is -0.447 e. The summed E-state index contributed by atoms with van der Waals surface area (Å²) in [4.78, 5) is 11.5. The van der Waals surface area contributed by atoms with E-state index in [-0.39, 0.29) is 12.6 Å². The SMILES string of the molecule is O=C1NC([C@H](O)c2cccs2)CO1. The monoisotopic (exact) mass is 199 g/mol. The van der Waals surface area contributed by atoms with E-state index >= 15 is 0 Å². The molecule has 0 bridgehead atoms. The molecule has 13 heavy (non-hydrogen) atoms. The Morgan fingerprint density at radius 3 is 3.15 bits per heavy atom. The van der Waals surface area contributed by atoms with Gasteiger partial charge in [0.1, 0.15) is 12.7 Å². The largest absolute Gasteiger partial charge is 0.447 e. The second-order valence-electron chi connectivity index (χ2n) is 2.81. The first-order valence-electron chi connectivity index (χ1n) is 3.92. The van der Waals surface area contributed by atoms with Gasteiger partial charge in [0.05, 0.1) is 6.04 Å². The van der Waals surface area contributed by atoms with Crippen molar-refractivity contribution >= 4 is 17.4 Å². The number of amides is 1. The summed E-state index contributed by atoms with van der Waals surface area (Å²) >= 11 is 1.46. The Hall–Kier alpha value is -1.07. The molecule has 0 saturated carbocycles. The number of hydrogen-bond donors (Lipinski definition) is 2. The van der Waals surface area contributed by atoms with Crippen LogP contribution in [0, 0.1) is 0 Å². The minimum atomic E-state index is -0.661. The van der Waals surface area contributed by atoms with Crippen LogP contribution in [0.3, 0.4) is 0 Å². The van der Waals surface area contributed by atoms with Crippen LogP contribution in [0.15, 0.2) is 17.5 Å². The molecule has 1 unspecified atom stereocenters. The minimum absolute atomic E-state index is 0.234. The molecule has 5 heteroatoms. The van der Waals surface area contributed by atoms with E-state index in [1.165, 1.54) is 11.3 Å². The number of aliphatic hydroxyl groups is 1. The van der Waals surface area contributed by atoms with Gasteiger partial charge in [-0.25, -0.2) is 4.79 Å². The van der Waals surface area contributed by atoms with Crippen LogP contribution in [0.2, 0.25) is 0 Å². The molecular weight excluding hydrogens is 190 g/mol. The summed E-state index contributed by atoms with van der Waals surface area (Å²) in [5.74, 6) is 0. The maximum atomic E-state index is 10.7. The summed E-state index contributed by atoms with van der Waals surface area (Å²) in [5.41, 5.74) is 0. The average Bonchev–Trinajstić information content (AvgIpc) is 2.72. The van der Waals surface area contributed by atoms with Crippen molar-refractivity contribution in [3.05, 3.63) is 22.4 Å². The molecule has 2 N–H and O–H groups in total. The molecule has 0 aromatic carbocycles. The fraction of sp³-hybridized carbons (Fsp3) is 0.375. The predicted octanol–water partition coefficient (Wildman–Crippen LogP) is 0.890. The lowest BCUT2D eigenvalue weighted by Crippen LogP contribution is -2.32. The van der Waals surface area contributed by atoms with Crippen LogP contribution in [0.4, 0.5) is 4.79 Å². The zero-order valence-electron chi connectivity index (χ0n) is 6.77. The fourth-order valence-corrected chi connectivity index (χ4v) is 2.00. The maximum absolute atomic E-state index is 10.7. The van der Waals surface area contributed by atoms with Crippen LogP contribution in [-0.2, 0) is 4.74 Å². The summed E-state index contributed by atoms with van der Waals surface area (Å²) in [6.07, 6.45) is -1.12. The number of thiophene rings is 1. The number of ether oxygens (including phenoxy) is 1. The van der Waals surface area contributed by atoms with E-state index in [0.29, 0.717) is 0 Å². The highest BCUT2D eigenvalue weighted by molar-refractivity contribution is 7.10. The zero-order chi connectivity index (χ0) is 9.26. The van der Waals surface area contributed by atoms with Crippen LogP contribution in [0.5, 0.6) is 0 Å². The summed E-state index contributed by atoms with van der Waals surface area (Å²) in [5, 5.41) is 14.2. The van der Waals surface area contributed by atoms with Crippen LogP contribution in [0.25, 0.3) is 0 Å². The van der Waals surface area contributed by atoms with Crippen molar-refractivity contribution < 1.29 is 14.6 Å². The molecule has 2 heterocycles. The molecule has 1 aromatic heterocycles. The van der Waals surface area contributed by atoms with Gasteiger partial charge in [0, 0.05) is 4.88 Å². The number of carbonyl (C=O) groups is 1. The van der Waals surface area contributed by atoms with Gasteiger partial charge < -0.3 is 15.2 Å². The molecule has 4 nitrogen and oxygen atoms in total. The second-order valence-corrected chi connectivity index (χ2v) is 3.79. The van der Waals surface area contributed by atoms with Crippen LogP contribution >= 0.6 is 11.3 Å². The molecule has 0 spiro atoms. The van der Waals surface area contributed by atoms with E-state index in [0.717, 1.165) is 4.88 Å². The van der Waals surface area contributed by atoms with Gasteiger partial charge in [0.15, 0.2) is 0 Å². The number of nitrogens with one attached hydrogen (secondary N) is 1. The molecule has 1 aliphatic heterocycles. The lowest BCUT2D eigenvalue weighted by atomic mass is 10.1. The van der Waals surface area contributed by atoms with Crippen molar-refractivity contribution in [3.63, 3.8) is 0 Å². The smallest absolute Gasteiger partial charge is 0.407 e. The van der Waals surface area contributed by atoms with Crippen molar-refractivity contribution in [1.29, 1.82) is 0 Å². The maximum Gasteiger partial charge on any atom is 0.407 e. The molecule has 1 saturated heterocycles. The first kappa shape index (κ1) is 8.52. The van der Waals surface area contributed by atoms with Gasteiger partial charge in [-0.2, -0.15) is 0 Å². The predicted molar refractivity (Wildman–Crippen MR) is 47.6 cm³/mol. The van der Waals surface area contributed by atoms with E-state index in [1.807, 2.05) is 17.5 Å². The number of hydrogen-bond acceptors (Lipinski definition) is 4. The third-order valence-electron chi connectivity index (χ3n) is 1.91. The number of cyclic esters (lactones) is 1. The van der Waals surface area contributed by atoms with Gasteiger partial charge in [-0.3, -0.25) is 0 Å². The zero-order valence-corrected chi connectivity index (χ0v) is 7.58.